The SMILES string of the molecule is Nc1ncnn2c(CCCO)cc(-c3ccc(NC(=O)Nc4cc(C(F)(F)F)ccc4F)c(F)c3)c12. The zero-order valence-corrected chi connectivity index (χ0v) is 18.4. The number of aromatic nitrogens is 3. The Morgan fingerprint density at radius 3 is 2.47 bits per heavy atom. The second kappa shape index (κ2) is 9.77. The van der Waals surface area contributed by atoms with Crippen LogP contribution in [0.15, 0.2) is 48.8 Å². The molecule has 36 heavy (non-hydrogen) atoms. The minimum atomic E-state index is -4.74. The summed E-state index contributed by atoms with van der Waals surface area (Å²) in [6.07, 6.45) is -2.52. The van der Waals surface area contributed by atoms with Gasteiger partial charge in [0.1, 0.15) is 23.5 Å². The van der Waals surface area contributed by atoms with Crippen molar-refractivity contribution in [3.8, 4) is 11.1 Å². The molecule has 5 N–H and O–H groups in total. The van der Waals surface area contributed by atoms with E-state index in [1.165, 1.54) is 18.5 Å². The summed E-state index contributed by atoms with van der Waals surface area (Å²) in [6.45, 7) is -0.0371. The number of rotatable bonds is 6. The number of nitrogen functional groups attached to an aromatic ring is 1. The number of aryl methyl sites for hydroxylation is 1. The zero-order valence-electron chi connectivity index (χ0n) is 18.4. The molecule has 4 aromatic rings. The van der Waals surface area contributed by atoms with Crippen LogP contribution in [0.5, 0.6) is 0 Å². The fourth-order valence-electron chi connectivity index (χ4n) is 3.65. The number of anilines is 3. The number of nitrogens with zero attached hydrogens (tertiary/aromatic N) is 3. The number of alkyl halides is 3. The van der Waals surface area contributed by atoms with Crippen molar-refractivity contribution in [3.05, 3.63) is 71.7 Å². The molecule has 0 saturated carbocycles. The van der Waals surface area contributed by atoms with Gasteiger partial charge in [-0.15, -0.1) is 0 Å². The highest BCUT2D eigenvalue weighted by Crippen LogP contribution is 2.34. The van der Waals surface area contributed by atoms with Gasteiger partial charge < -0.3 is 21.5 Å². The lowest BCUT2D eigenvalue weighted by Crippen LogP contribution is -2.21. The highest BCUT2D eigenvalue weighted by atomic mass is 19.4. The van der Waals surface area contributed by atoms with Gasteiger partial charge in [0.2, 0.25) is 0 Å². The van der Waals surface area contributed by atoms with Crippen LogP contribution in [0.1, 0.15) is 17.7 Å². The Morgan fingerprint density at radius 2 is 1.78 bits per heavy atom. The largest absolute Gasteiger partial charge is 0.416 e. The first-order chi connectivity index (χ1) is 17.1. The standard InChI is InChI=1S/C23H19F5N6O2/c24-16-5-4-13(23(26,27)28)9-19(16)33-22(36)32-18-6-3-12(8-17(18)25)15-10-14(2-1-7-35)34-20(15)21(29)30-11-31-34/h3-6,8-11,35H,1-2,7H2,(H2,29,30,31)(H2,32,33,36). The number of fused-ring (bicyclic) bond motifs is 1. The van der Waals surface area contributed by atoms with Crippen molar-refractivity contribution in [1.82, 2.24) is 14.6 Å². The van der Waals surface area contributed by atoms with Crippen molar-refractivity contribution in [3.63, 3.8) is 0 Å². The molecular formula is C23H19F5N6O2. The van der Waals surface area contributed by atoms with E-state index < -0.39 is 35.1 Å². The van der Waals surface area contributed by atoms with Crippen LogP contribution >= 0.6 is 0 Å². The first kappa shape index (κ1) is 24.9. The van der Waals surface area contributed by atoms with Gasteiger partial charge in [-0.25, -0.2) is 23.1 Å². The molecule has 0 aliphatic carbocycles. The van der Waals surface area contributed by atoms with Gasteiger partial charge in [0.15, 0.2) is 5.82 Å². The number of halogens is 5. The molecule has 0 unspecified atom stereocenters. The fraction of sp³-hybridized carbons (Fsp3) is 0.174. The summed E-state index contributed by atoms with van der Waals surface area (Å²) in [5, 5.41) is 17.4. The third kappa shape index (κ3) is 5.05. The van der Waals surface area contributed by atoms with Gasteiger partial charge in [0.25, 0.3) is 0 Å². The Morgan fingerprint density at radius 1 is 1.03 bits per heavy atom. The Kier molecular flexibility index (Phi) is 6.75. The van der Waals surface area contributed by atoms with Gasteiger partial charge in [-0.1, -0.05) is 6.07 Å². The number of urea groups is 1. The molecule has 0 spiro atoms. The van der Waals surface area contributed by atoms with Crippen LogP contribution in [-0.4, -0.2) is 32.3 Å². The highest BCUT2D eigenvalue weighted by molar-refractivity contribution is 6.00. The van der Waals surface area contributed by atoms with E-state index in [9.17, 15) is 26.7 Å². The van der Waals surface area contributed by atoms with E-state index in [2.05, 4.69) is 15.4 Å². The predicted molar refractivity (Wildman–Crippen MR) is 122 cm³/mol. The lowest BCUT2D eigenvalue weighted by Gasteiger charge is -2.12. The van der Waals surface area contributed by atoms with E-state index in [0.717, 1.165) is 6.07 Å². The van der Waals surface area contributed by atoms with E-state index in [0.29, 0.717) is 53.4 Å². The maximum atomic E-state index is 14.9. The Balaban J connectivity index is 1.59. The Bertz CT molecular complexity index is 1440. The zero-order chi connectivity index (χ0) is 26.0. The van der Waals surface area contributed by atoms with Gasteiger partial charge in [-0.05, 0) is 54.8 Å². The summed E-state index contributed by atoms with van der Waals surface area (Å²) in [4.78, 5) is 16.2. The van der Waals surface area contributed by atoms with E-state index in [-0.39, 0.29) is 18.1 Å². The van der Waals surface area contributed by atoms with Crippen LogP contribution in [0.25, 0.3) is 16.6 Å². The van der Waals surface area contributed by atoms with E-state index >= 15 is 0 Å². The summed E-state index contributed by atoms with van der Waals surface area (Å²) in [7, 11) is 0. The van der Waals surface area contributed by atoms with Crippen LogP contribution < -0.4 is 16.4 Å². The molecule has 2 aromatic heterocycles. The second-order valence-corrected chi connectivity index (χ2v) is 7.75. The molecule has 2 heterocycles. The number of hydrogen-bond donors (Lipinski definition) is 4. The quantitative estimate of drug-likeness (QED) is 0.279. The van der Waals surface area contributed by atoms with Crippen LogP contribution in [0.3, 0.4) is 0 Å². The second-order valence-electron chi connectivity index (χ2n) is 7.75. The Hall–Kier alpha value is -4.26. The van der Waals surface area contributed by atoms with E-state index in [1.807, 2.05) is 5.32 Å². The molecule has 0 bridgehead atoms. The molecule has 188 valence electrons. The number of amides is 2. The van der Waals surface area contributed by atoms with Crippen molar-refractivity contribution in [2.75, 3.05) is 23.0 Å². The van der Waals surface area contributed by atoms with Gasteiger partial charge in [0.05, 0.1) is 16.9 Å². The average molecular weight is 506 g/mol. The van der Waals surface area contributed by atoms with Crippen molar-refractivity contribution in [2.24, 2.45) is 0 Å². The van der Waals surface area contributed by atoms with Crippen molar-refractivity contribution < 1.29 is 31.9 Å². The number of carbonyl (C=O) groups is 1. The topological polar surface area (TPSA) is 118 Å². The molecule has 2 aromatic carbocycles. The number of nitrogens with one attached hydrogen (secondary N) is 2. The van der Waals surface area contributed by atoms with Gasteiger partial charge >= 0.3 is 12.2 Å². The first-order valence-corrected chi connectivity index (χ1v) is 10.5. The molecule has 0 aliphatic rings. The molecular weight excluding hydrogens is 487 g/mol. The third-order valence-electron chi connectivity index (χ3n) is 5.32. The molecule has 0 fully saturated rings. The van der Waals surface area contributed by atoms with E-state index in [1.54, 1.807) is 10.6 Å². The van der Waals surface area contributed by atoms with Gasteiger partial charge in [-0.2, -0.15) is 18.3 Å². The van der Waals surface area contributed by atoms with Crippen LogP contribution in [0.4, 0.5) is 43.9 Å². The number of carbonyl (C=O) groups excluding carboxylic acids is 1. The monoisotopic (exact) mass is 506 g/mol. The number of benzene rings is 2. The smallest absolute Gasteiger partial charge is 0.396 e. The average Bonchev–Trinajstić information content (AvgIpc) is 3.19. The molecule has 0 radical (unpaired) electrons. The molecule has 13 heteroatoms. The Labute approximate surface area is 200 Å². The fourth-order valence-corrected chi connectivity index (χ4v) is 3.65. The lowest BCUT2D eigenvalue weighted by atomic mass is 10.1. The van der Waals surface area contributed by atoms with Crippen LogP contribution in [0.2, 0.25) is 0 Å². The van der Waals surface area contributed by atoms with Crippen LogP contribution in [0, 0.1) is 11.6 Å². The summed E-state index contributed by atoms with van der Waals surface area (Å²) in [5.74, 6) is -1.80. The number of aliphatic hydroxyl groups is 1. The minimum Gasteiger partial charge on any atom is -0.396 e. The summed E-state index contributed by atoms with van der Waals surface area (Å²) in [6, 6.07) is 5.99. The molecule has 8 nitrogen and oxygen atoms in total. The van der Waals surface area contributed by atoms with E-state index in [4.69, 9.17) is 10.8 Å². The van der Waals surface area contributed by atoms with Gasteiger partial charge in [0, 0.05) is 17.9 Å². The predicted octanol–water partition coefficient (Wildman–Crippen LogP) is 4.84. The third-order valence-corrected chi connectivity index (χ3v) is 5.32. The molecule has 4 rings (SSSR count). The maximum absolute atomic E-state index is 14.9. The van der Waals surface area contributed by atoms with Crippen molar-refractivity contribution in [2.45, 2.75) is 19.0 Å². The molecule has 0 aliphatic heterocycles. The summed E-state index contributed by atoms with van der Waals surface area (Å²) < 4.78 is 68.9. The normalized spacial score (nSPS) is 11.6. The highest BCUT2D eigenvalue weighted by Gasteiger charge is 2.31. The van der Waals surface area contributed by atoms with Crippen LogP contribution in [-0.2, 0) is 12.6 Å². The minimum absolute atomic E-state index is 0.0371. The van der Waals surface area contributed by atoms with Crippen molar-refractivity contribution in [1.29, 1.82) is 0 Å². The van der Waals surface area contributed by atoms with Crippen molar-refractivity contribution >= 4 is 28.7 Å². The number of hydrogen-bond acceptors (Lipinski definition) is 5. The maximum Gasteiger partial charge on any atom is 0.416 e. The van der Waals surface area contributed by atoms with Gasteiger partial charge in [-0.3, -0.25) is 0 Å². The summed E-state index contributed by atoms with van der Waals surface area (Å²) >= 11 is 0. The summed E-state index contributed by atoms with van der Waals surface area (Å²) in [5.41, 5.74) is 5.89. The number of aliphatic hydroxyl groups excluding tert-OH is 1. The number of nitrogens with two attached hydrogens (primary N) is 1. The molecule has 0 saturated heterocycles. The first-order valence-electron chi connectivity index (χ1n) is 10.5. The lowest BCUT2D eigenvalue weighted by molar-refractivity contribution is -0.137. The molecule has 0 atom stereocenters. The molecule has 2 amide bonds.